The Labute approximate surface area is 166 Å². The average Bonchev–Trinajstić information content (AvgIpc) is 2.62. The third kappa shape index (κ3) is 7.82. The molecule has 0 amide bonds. The Morgan fingerprint density at radius 3 is 2.19 bits per heavy atom. The lowest BCUT2D eigenvalue weighted by molar-refractivity contribution is -0.127. The summed E-state index contributed by atoms with van der Waals surface area (Å²) in [6.45, 7) is 11.1. The lowest BCUT2D eigenvalue weighted by Crippen LogP contribution is -2.39. The van der Waals surface area contributed by atoms with Crippen LogP contribution in [0.15, 0.2) is 36.4 Å². The summed E-state index contributed by atoms with van der Waals surface area (Å²) in [5.41, 5.74) is 2.86. The highest BCUT2D eigenvalue weighted by atomic mass is 16.1. The highest BCUT2D eigenvalue weighted by Gasteiger charge is 2.41. The van der Waals surface area contributed by atoms with Crippen LogP contribution in [-0.2, 0) is 9.59 Å². The van der Waals surface area contributed by atoms with Crippen molar-refractivity contribution in [1.82, 2.24) is 0 Å². The van der Waals surface area contributed by atoms with Crippen molar-refractivity contribution in [3.63, 3.8) is 0 Å². The van der Waals surface area contributed by atoms with Crippen molar-refractivity contribution in [3.8, 4) is 0 Å². The van der Waals surface area contributed by atoms with E-state index < -0.39 is 0 Å². The van der Waals surface area contributed by atoms with Crippen molar-refractivity contribution in [3.05, 3.63) is 42.0 Å². The summed E-state index contributed by atoms with van der Waals surface area (Å²) < 4.78 is 0. The van der Waals surface area contributed by atoms with E-state index in [9.17, 15) is 9.59 Å². The molecule has 1 saturated carbocycles. The summed E-state index contributed by atoms with van der Waals surface area (Å²) in [6, 6.07) is 10.2. The maximum absolute atomic E-state index is 11.2. The third-order valence-corrected chi connectivity index (χ3v) is 6.21. The van der Waals surface area contributed by atoms with Gasteiger partial charge in [-0.2, -0.15) is 0 Å². The number of carbonyl (C=O) groups is 2. The number of hydrogen-bond donors (Lipinski definition) is 0. The van der Waals surface area contributed by atoms with Gasteiger partial charge >= 0.3 is 0 Å². The Hall–Kier alpha value is -1.70. The van der Waals surface area contributed by atoms with Crippen LogP contribution in [0.2, 0.25) is 0 Å². The van der Waals surface area contributed by atoms with Crippen LogP contribution in [-0.4, -0.2) is 12.1 Å². The molecule has 0 bridgehead atoms. The van der Waals surface area contributed by atoms with E-state index in [1.54, 1.807) is 6.08 Å². The van der Waals surface area contributed by atoms with Crippen LogP contribution in [0, 0.1) is 10.8 Å². The Bertz CT molecular complexity index is 608. The molecule has 1 aliphatic rings. The molecule has 0 saturated heterocycles. The first kappa shape index (κ1) is 23.3. The monoisotopic (exact) mass is 370 g/mol. The van der Waals surface area contributed by atoms with Crippen molar-refractivity contribution in [2.24, 2.45) is 10.8 Å². The average molecular weight is 371 g/mol. The molecule has 0 radical (unpaired) electrons. The first-order valence-corrected chi connectivity index (χ1v) is 10.4. The second-order valence-electron chi connectivity index (χ2n) is 8.99. The smallest absolute Gasteiger partial charge is 0.143 e. The molecule has 0 spiro atoms. The topological polar surface area (TPSA) is 34.1 Å². The van der Waals surface area contributed by atoms with E-state index in [1.807, 2.05) is 18.2 Å². The van der Waals surface area contributed by atoms with Gasteiger partial charge in [0, 0.05) is 12.8 Å². The van der Waals surface area contributed by atoms with Gasteiger partial charge in [-0.15, -0.1) is 0 Å². The maximum Gasteiger partial charge on any atom is 0.143 e. The van der Waals surface area contributed by atoms with Crippen molar-refractivity contribution in [2.45, 2.75) is 86.0 Å². The standard InChI is InChI=1S/C15H20O.C10H18O/c1-2-3-4-6-11-15(12-13-16)14-9-7-5-8-10-14;1-9(2)6-5-8(11)7-10(9,3)4/h5,7-10,12-13H,2-4,6,11H2,1H3;5-7H2,1-4H3. The highest BCUT2D eigenvalue weighted by Crippen LogP contribution is 2.48. The van der Waals surface area contributed by atoms with Gasteiger partial charge in [-0.05, 0) is 47.3 Å². The number of hydrogen-bond acceptors (Lipinski definition) is 2. The van der Waals surface area contributed by atoms with Crippen LogP contribution >= 0.6 is 0 Å². The Balaban J connectivity index is 0.000000289. The van der Waals surface area contributed by atoms with Gasteiger partial charge in [0.15, 0.2) is 0 Å². The van der Waals surface area contributed by atoms with E-state index in [4.69, 9.17) is 0 Å². The van der Waals surface area contributed by atoms with Crippen molar-refractivity contribution < 1.29 is 9.59 Å². The quantitative estimate of drug-likeness (QED) is 0.293. The molecule has 2 rings (SSSR count). The molecule has 0 aromatic heterocycles. The predicted molar refractivity (Wildman–Crippen MR) is 116 cm³/mol. The second-order valence-corrected chi connectivity index (χ2v) is 8.99. The molecule has 1 aromatic carbocycles. The summed E-state index contributed by atoms with van der Waals surface area (Å²) >= 11 is 0. The Kier molecular flexibility index (Phi) is 9.69. The molecule has 27 heavy (non-hydrogen) atoms. The van der Waals surface area contributed by atoms with E-state index in [0.717, 1.165) is 37.5 Å². The zero-order chi connectivity index (χ0) is 20.3. The van der Waals surface area contributed by atoms with Gasteiger partial charge in [0.2, 0.25) is 0 Å². The lowest BCUT2D eigenvalue weighted by atomic mass is 9.59. The number of Topliss-reactive ketones (excluding diaryl/α,β-unsaturated/α-hetero) is 1. The number of unbranched alkanes of at least 4 members (excludes halogenated alkanes) is 3. The number of benzene rings is 1. The van der Waals surface area contributed by atoms with Crippen molar-refractivity contribution in [2.75, 3.05) is 0 Å². The van der Waals surface area contributed by atoms with Crippen LogP contribution in [0.4, 0.5) is 0 Å². The molecule has 150 valence electrons. The predicted octanol–water partition coefficient (Wildman–Crippen LogP) is 7.03. The fraction of sp³-hybridized carbons (Fsp3) is 0.600. The minimum atomic E-state index is 0.197. The van der Waals surface area contributed by atoms with Gasteiger partial charge in [0.1, 0.15) is 12.1 Å². The van der Waals surface area contributed by atoms with E-state index in [-0.39, 0.29) is 5.41 Å². The van der Waals surface area contributed by atoms with Gasteiger partial charge < -0.3 is 0 Å². The van der Waals surface area contributed by atoms with E-state index >= 15 is 0 Å². The number of ketones is 1. The molecule has 0 unspecified atom stereocenters. The van der Waals surface area contributed by atoms with Crippen LogP contribution in [0.3, 0.4) is 0 Å². The van der Waals surface area contributed by atoms with E-state index in [1.165, 1.54) is 31.2 Å². The van der Waals surface area contributed by atoms with E-state index in [0.29, 0.717) is 11.2 Å². The molecule has 1 fully saturated rings. The highest BCUT2D eigenvalue weighted by molar-refractivity contribution is 5.81. The van der Waals surface area contributed by atoms with Crippen molar-refractivity contribution >= 4 is 17.6 Å². The fourth-order valence-electron chi connectivity index (χ4n) is 3.41. The SMILES string of the molecule is CC1(C)CCC(=O)CC1(C)C.CCCCCCC(=CC=O)c1ccccc1. The molecule has 0 aliphatic heterocycles. The van der Waals surface area contributed by atoms with Gasteiger partial charge in [-0.1, -0.05) is 84.2 Å². The molecule has 1 aliphatic carbocycles. The van der Waals surface area contributed by atoms with Gasteiger partial charge in [-0.25, -0.2) is 0 Å². The third-order valence-electron chi connectivity index (χ3n) is 6.21. The van der Waals surface area contributed by atoms with Crippen LogP contribution < -0.4 is 0 Å². The number of allylic oxidation sites excluding steroid dienone is 2. The summed E-state index contributed by atoms with van der Waals surface area (Å²) in [6.07, 6.45) is 11.1. The molecule has 2 nitrogen and oxygen atoms in total. The van der Waals surface area contributed by atoms with Crippen molar-refractivity contribution in [1.29, 1.82) is 0 Å². The molecule has 0 heterocycles. The van der Waals surface area contributed by atoms with E-state index in [2.05, 4.69) is 46.8 Å². The van der Waals surface area contributed by atoms with Gasteiger partial charge in [0.05, 0.1) is 0 Å². The Morgan fingerprint density at radius 1 is 1.00 bits per heavy atom. The maximum atomic E-state index is 11.2. The fourth-order valence-corrected chi connectivity index (χ4v) is 3.41. The Morgan fingerprint density at radius 2 is 1.67 bits per heavy atom. The molecular weight excluding hydrogens is 332 g/mol. The molecule has 2 heteroatoms. The molecule has 0 N–H and O–H groups in total. The summed E-state index contributed by atoms with van der Waals surface area (Å²) in [7, 11) is 0. The first-order valence-electron chi connectivity index (χ1n) is 10.4. The number of carbonyl (C=O) groups excluding carboxylic acids is 2. The summed E-state index contributed by atoms with van der Waals surface area (Å²) in [4.78, 5) is 21.8. The van der Waals surface area contributed by atoms with Gasteiger partial charge in [-0.3, -0.25) is 9.59 Å². The van der Waals surface area contributed by atoms with Crippen LogP contribution in [0.25, 0.3) is 5.57 Å². The second kappa shape index (κ2) is 11.2. The number of aldehydes is 1. The normalized spacial score (nSPS) is 18.4. The summed E-state index contributed by atoms with van der Waals surface area (Å²) in [5, 5.41) is 0. The molecular formula is C25H38O2. The zero-order valence-corrected chi connectivity index (χ0v) is 18.0. The largest absolute Gasteiger partial charge is 0.300 e. The minimum Gasteiger partial charge on any atom is -0.300 e. The first-order chi connectivity index (χ1) is 12.7. The summed E-state index contributed by atoms with van der Waals surface area (Å²) in [5.74, 6) is 0.439. The lowest BCUT2D eigenvalue weighted by Gasteiger charge is -2.45. The van der Waals surface area contributed by atoms with Gasteiger partial charge in [0.25, 0.3) is 0 Å². The number of rotatable bonds is 7. The minimum absolute atomic E-state index is 0.197. The van der Waals surface area contributed by atoms with Crippen LogP contribution in [0.1, 0.15) is 91.5 Å². The molecule has 1 aromatic rings. The zero-order valence-electron chi connectivity index (χ0n) is 18.0. The molecule has 0 atom stereocenters. The van der Waals surface area contributed by atoms with Crippen LogP contribution in [0.5, 0.6) is 0 Å².